The molecule has 5 heteroatoms. The lowest BCUT2D eigenvalue weighted by molar-refractivity contribution is -0.0521. The van der Waals surface area contributed by atoms with Gasteiger partial charge in [0.15, 0.2) is 11.6 Å². The van der Waals surface area contributed by atoms with Crippen LogP contribution in [0.15, 0.2) is 59.6 Å². The van der Waals surface area contributed by atoms with Crippen molar-refractivity contribution in [2.24, 2.45) is 4.99 Å². The lowest BCUT2D eigenvalue weighted by Crippen LogP contribution is -2.03. The summed E-state index contributed by atoms with van der Waals surface area (Å²) in [5, 5.41) is 0. The van der Waals surface area contributed by atoms with Crippen LogP contribution in [0.4, 0.5) is 18.9 Å². The number of ether oxygens (including phenoxy) is 1. The summed E-state index contributed by atoms with van der Waals surface area (Å²) >= 11 is 0. The first-order chi connectivity index (χ1) is 11.6. The maximum Gasteiger partial charge on any atom is 0.387 e. The highest BCUT2D eigenvalue weighted by Gasteiger charge is 2.09. The summed E-state index contributed by atoms with van der Waals surface area (Å²) in [5.74, 6) is -1.36. The molecule has 0 unspecified atom stereocenters. The largest absolute Gasteiger partial charge is 0.432 e. The third-order valence-corrected chi connectivity index (χ3v) is 3.31. The van der Waals surface area contributed by atoms with E-state index in [4.69, 9.17) is 0 Å². The Labute approximate surface area is 139 Å². The smallest absolute Gasteiger partial charge is 0.387 e. The first-order valence-electron chi connectivity index (χ1n) is 7.57. The fourth-order valence-electron chi connectivity index (χ4n) is 2.10. The number of aliphatic imine (C=N–C) groups is 1. The van der Waals surface area contributed by atoms with Gasteiger partial charge in [0.25, 0.3) is 0 Å². The van der Waals surface area contributed by atoms with Crippen LogP contribution in [-0.2, 0) is 6.42 Å². The van der Waals surface area contributed by atoms with Gasteiger partial charge in [-0.05, 0) is 43.0 Å². The van der Waals surface area contributed by atoms with Crippen molar-refractivity contribution in [3.8, 4) is 5.75 Å². The van der Waals surface area contributed by atoms with Gasteiger partial charge in [-0.3, -0.25) is 4.99 Å². The third kappa shape index (κ3) is 5.57. The minimum absolute atomic E-state index is 0.325. The fraction of sp³-hybridized carbons (Fsp3) is 0.211. The van der Waals surface area contributed by atoms with Crippen LogP contribution in [0.3, 0.4) is 0 Å². The predicted molar refractivity (Wildman–Crippen MR) is 89.9 cm³/mol. The summed E-state index contributed by atoms with van der Waals surface area (Å²) in [6.45, 7) is -1.06. The minimum atomic E-state index is -3.06. The van der Waals surface area contributed by atoms with Crippen molar-refractivity contribution in [2.75, 3.05) is 0 Å². The van der Waals surface area contributed by atoms with Crippen molar-refractivity contribution >= 4 is 11.9 Å². The molecule has 0 spiro atoms. The molecule has 0 atom stereocenters. The van der Waals surface area contributed by atoms with Gasteiger partial charge in [0, 0.05) is 12.3 Å². The number of nitrogens with zero attached hydrogens (tertiary/aromatic N) is 1. The quantitative estimate of drug-likeness (QED) is 0.471. The zero-order valence-electron chi connectivity index (χ0n) is 13.3. The van der Waals surface area contributed by atoms with Crippen molar-refractivity contribution in [2.45, 2.75) is 26.4 Å². The molecule has 0 amide bonds. The number of halogens is 3. The van der Waals surface area contributed by atoms with Crippen molar-refractivity contribution in [3.05, 3.63) is 71.6 Å². The molecule has 2 aromatic carbocycles. The maximum absolute atomic E-state index is 13.6. The molecule has 2 nitrogen and oxygen atoms in total. The van der Waals surface area contributed by atoms with Crippen LogP contribution in [0.2, 0.25) is 0 Å². The Bertz CT molecular complexity index is 709. The average Bonchev–Trinajstić information content (AvgIpc) is 2.56. The Morgan fingerprint density at radius 1 is 1.12 bits per heavy atom. The molecule has 0 N–H and O–H groups in total. The highest BCUT2D eigenvalue weighted by atomic mass is 19.3. The topological polar surface area (TPSA) is 21.6 Å². The molecular formula is C19H18F3NO. The van der Waals surface area contributed by atoms with Crippen LogP contribution in [0, 0.1) is 5.82 Å². The van der Waals surface area contributed by atoms with Crippen molar-refractivity contribution in [3.63, 3.8) is 0 Å². The van der Waals surface area contributed by atoms with Crippen molar-refractivity contribution in [1.82, 2.24) is 0 Å². The second-order valence-electron chi connectivity index (χ2n) is 5.10. The van der Waals surface area contributed by atoms with Crippen LogP contribution < -0.4 is 4.74 Å². The molecule has 126 valence electrons. The van der Waals surface area contributed by atoms with E-state index < -0.39 is 18.2 Å². The molecule has 0 heterocycles. The normalized spacial score (nSPS) is 11.7. The standard InChI is InChI=1S/C19H18F3NO/c1-2-3-4-5-14-6-8-15(9-7-14)13-23-16-10-11-18(17(20)12-16)24-19(21)22/h2-3,6-13,19H,4-5H2,1H3/b3-2+,23-13?. The lowest BCUT2D eigenvalue weighted by atomic mass is 10.1. The van der Waals surface area contributed by atoms with E-state index in [0.29, 0.717) is 5.69 Å². The predicted octanol–water partition coefficient (Wildman–Crippen LogP) is 5.69. The van der Waals surface area contributed by atoms with Crippen LogP contribution in [0.1, 0.15) is 24.5 Å². The van der Waals surface area contributed by atoms with Gasteiger partial charge in [0.1, 0.15) is 0 Å². The Morgan fingerprint density at radius 2 is 1.88 bits per heavy atom. The zero-order valence-corrected chi connectivity index (χ0v) is 13.3. The molecule has 2 rings (SSSR count). The second kappa shape index (κ2) is 8.91. The molecule has 0 radical (unpaired) electrons. The van der Waals surface area contributed by atoms with E-state index in [-0.39, 0.29) is 0 Å². The van der Waals surface area contributed by atoms with Gasteiger partial charge in [-0.2, -0.15) is 8.78 Å². The number of allylic oxidation sites excluding steroid dienone is 2. The third-order valence-electron chi connectivity index (χ3n) is 3.31. The van der Waals surface area contributed by atoms with Crippen LogP contribution in [-0.4, -0.2) is 12.8 Å². The van der Waals surface area contributed by atoms with Crippen LogP contribution >= 0.6 is 0 Å². The summed E-state index contributed by atoms with van der Waals surface area (Å²) in [6.07, 6.45) is 7.70. The maximum atomic E-state index is 13.6. The number of hydrogen-bond acceptors (Lipinski definition) is 2. The van der Waals surface area contributed by atoms with Crippen LogP contribution in [0.5, 0.6) is 5.75 Å². The highest BCUT2D eigenvalue weighted by molar-refractivity contribution is 5.82. The monoisotopic (exact) mass is 333 g/mol. The number of hydrogen-bond donors (Lipinski definition) is 0. The van der Waals surface area contributed by atoms with Gasteiger partial charge in [0.2, 0.25) is 0 Å². The molecule has 0 aliphatic heterocycles. The SMILES string of the molecule is C/C=C/CCc1ccc(C=Nc2ccc(OC(F)F)c(F)c2)cc1. The molecule has 0 bridgehead atoms. The molecule has 0 fully saturated rings. The van der Waals surface area contributed by atoms with E-state index in [1.165, 1.54) is 11.6 Å². The molecule has 0 saturated heterocycles. The summed E-state index contributed by atoms with van der Waals surface area (Å²) in [4.78, 5) is 4.14. The van der Waals surface area contributed by atoms with E-state index >= 15 is 0 Å². The van der Waals surface area contributed by atoms with Gasteiger partial charge < -0.3 is 4.74 Å². The number of aryl methyl sites for hydroxylation is 1. The van der Waals surface area contributed by atoms with Gasteiger partial charge in [0.05, 0.1) is 5.69 Å². The Balaban J connectivity index is 2.01. The number of rotatable bonds is 7. The fourth-order valence-corrected chi connectivity index (χ4v) is 2.10. The molecular weight excluding hydrogens is 315 g/mol. The molecule has 0 aliphatic carbocycles. The Kier molecular flexibility index (Phi) is 6.61. The van der Waals surface area contributed by atoms with E-state index in [2.05, 4.69) is 15.8 Å². The summed E-state index contributed by atoms with van der Waals surface area (Å²) in [5.41, 5.74) is 2.43. The molecule has 2 aromatic rings. The Morgan fingerprint density at radius 3 is 2.50 bits per heavy atom. The number of alkyl halides is 2. The van der Waals surface area contributed by atoms with Gasteiger partial charge in [-0.1, -0.05) is 36.4 Å². The summed E-state index contributed by atoms with van der Waals surface area (Å²) < 4.78 is 41.8. The van der Waals surface area contributed by atoms with Crippen LogP contribution in [0.25, 0.3) is 0 Å². The molecule has 0 aromatic heterocycles. The summed E-state index contributed by atoms with van der Waals surface area (Å²) in [7, 11) is 0. The lowest BCUT2D eigenvalue weighted by Gasteiger charge is -2.05. The zero-order chi connectivity index (χ0) is 17.4. The summed E-state index contributed by atoms with van der Waals surface area (Å²) in [6, 6.07) is 11.5. The Hall–Kier alpha value is -2.56. The number of benzene rings is 2. The highest BCUT2D eigenvalue weighted by Crippen LogP contribution is 2.24. The average molecular weight is 333 g/mol. The molecule has 0 aliphatic rings. The van der Waals surface area contributed by atoms with Gasteiger partial charge >= 0.3 is 6.61 Å². The van der Waals surface area contributed by atoms with Gasteiger partial charge in [-0.25, -0.2) is 4.39 Å². The van der Waals surface area contributed by atoms with Crippen molar-refractivity contribution < 1.29 is 17.9 Å². The van der Waals surface area contributed by atoms with Crippen molar-refractivity contribution in [1.29, 1.82) is 0 Å². The first-order valence-corrected chi connectivity index (χ1v) is 7.57. The van der Waals surface area contributed by atoms with E-state index in [9.17, 15) is 13.2 Å². The van der Waals surface area contributed by atoms with Gasteiger partial charge in [-0.15, -0.1) is 0 Å². The molecule has 24 heavy (non-hydrogen) atoms. The second-order valence-corrected chi connectivity index (χ2v) is 5.10. The van der Waals surface area contributed by atoms with E-state index in [1.54, 1.807) is 6.21 Å². The molecule has 0 saturated carbocycles. The first kappa shape index (κ1) is 17.8. The van der Waals surface area contributed by atoms with E-state index in [1.807, 2.05) is 37.3 Å². The van der Waals surface area contributed by atoms with E-state index in [0.717, 1.165) is 30.5 Å². The minimum Gasteiger partial charge on any atom is -0.432 e.